The van der Waals surface area contributed by atoms with Crippen molar-refractivity contribution in [2.45, 2.75) is 51.4 Å². The van der Waals surface area contributed by atoms with Crippen molar-refractivity contribution < 1.29 is 19.1 Å². The van der Waals surface area contributed by atoms with E-state index in [1.54, 1.807) is 0 Å². The van der Waals surface area contributed by atoms with Crippen LogP contribution in [0.15, 0.2) is 25.3 Å². The summed E-state index contributed by atoms with van der Waals surface area (Å²) in [5, 5.41) is 0. The fourth-order valence-electron chi connectivity index (χ4n) is 2.90. The topological polar surface area (TPSA) is 52.6 Å². The first-order valence-electron chi connectivity index (χ1n) is 8.24. The second kappa shape index (κ2) is 11.0. The molecule has 0 amide bonds. The predicted octanol–water partition coefficient (Wildman–Crippen LogP) is 3.81. The standard InChI is InChI=1S/C18H28O4/c1-3-13-21-17(19)16(18(20)22-14-4-2)12-8-11-15-9-6-5-7-10-15/h3-4,15-16H,1-2,5-14H2. The highest BCUT2D eigenvalue weighted by Gasteiger charge is 2.29. The minimum Gasteiger partial charge on any atom is -0.461 e. The van der Waals surface area contributed by atoms with Crippen LogP contribution in [-0.2, 0) is 19.1 Å². The van der Waals surface area contributed by atoms with E-state index in [-0.39, 0.29) is 13.2 Å². The van der Waals surface area contributed by atoms with Crippen LogP contribution in [0.3, 0.4) is 0 Å². The van der Waals surface area contributed by atoms with Crippen LogP contribution in [0.25, 0.3) is 0 Å². The molecule has 1 saturated carbocycles. The Hall–Kier alpha value is -1.58. The molecule has 124 valence electrons. The van der Waals surface area contributed by atoms with Crippen LogP contribution in [-0.4, -0.2) is 25.2 Å². The third kappa shape index (κ3) is 6.92. The van der Waals surface area contributed by atoms with Gasteiger partial charge in [-0.2, -0.15) is 0 Å². The number of hydrogen-bond acceptors (Lipinski definition) is 4. The summed E-state index contributed by atoms with van der Waals surface area (Å²) in [5.74, 6) is -1.12. The molecule has 0 radical (unpaired) electrons. The fourth-order valence-corrected chi connectivity index (χ4v) is 2.90. The number of carbonyl (C=O) groups is 2. The lowest BCUT2D eigenvalue weighted by Gasteiger charge is -2.22. The molecule has 1 fully saturated rings. The number of esters is 2. The van der Waals surface area contributed by atoms with Crippen LogP contribution in [0.1, 0.15) is 51.4 Å². The van der Waals surface area contributed by atoms with Crippen molar-refractivity contribution >= 4 is 11.9 Å². The summed E-state index contributed by atoms with van der Waals surface area (Å²) in [7, 11) is 0. The van der Waals surface area contributed by atoms with E-state index < -0.39 is 17.9 Å². The molecule has 1 aliphatic rings. The molecule has 0 spiro atoms. The van der Waals surface area contributed by atoms with E-state index in [9.17, 15) is 9.59 Å². The number of ether oxygens (including phenoxy) is 2. The van der Waals surface area contributed by atoms with Gasteiger partial charge in [-0.3, -0.25) is 9.59 Å². The molecule has 0 aromatic carbocycles. The van der Waals surface area contributed by atoms with Gasteiger partial charge < -0.3 is 9.47 Å². The molecule has 0 aromatic rings. The maximum atomic E-state index is 12.0. The summed E-state index contributed by atoms with van der Waals surface area (Å²) < 4.78 is 10.0. The molecule has 0 atom stereocenters. The van der Waals surface area contributed by atoms with Gasteiger partial charge in [0.25, 0.3) is 0 Å². The van der Waals surface area contributed by atoms with E-state index in [4.69, 9.17) is 9.47 Å². The smallest absolute Gasteiger partial charge is 0.320 e. The molecular weight excluding hydrogens is 280 g/mol. The second-order valence-corrected chi connectivity index (χ2v) is 5.82. The van der Waals surface area contributed by atoms with E-state index in [1.165, 1.54) is 44.3 Å². The summed E-state index contributed by atoms with van der Waals surface area (Å²) >= 11 is 0. The number of carbonyl (C=O) groups excluding carboxylic acids is 2. The Labute approximate surface area is 133 Å². The molecular formula is C18H28O4. The normalized spacial score (nSPS) is 15.3. The first-order valence-corrected chi connectivity index (χ1v) is 8.24. The van der Waals surface area contributed by atoms with Gasteiger partial charge in [-0.1, -0.05) is 70.3 Å². The Morgan fingerprint density at radius 1 is 1.00 bits per heavy atom. The van der Waals surface area contributed by atoms with Gasteiger partial charge in [0, 0.05) is 0 Å². The summed E-state index contributed by atoms with van der Waals surface area (Å²) in [4.78, 5) is 24.0. The summed E-state index contributed by atoms with van der Waals surface area (Å²) in [6.07, 6.45) is 11.9. The van der Waals surface area contributed by atoms with Crippen molar-refractivity contribution in [3.8, 4) is 0 Å². The third-order valence-electron chi connectivity index (χ3n) is 4.09. The molecule has 22 heavy (non-hydrogen) atoms. The van der Waals surface area contributed by atoms with Crippen LogP contribution >= 0.6 is 0 Å². The van der Waals surface area contributed by atoms with E-state index in [2.05, 4.69) is 13.2 Å². The SMILES string of the molecule is C=CCOC(=O)C(CCCC1CCCCC1)C(=O)OCC=C. The van der Waals surface area contributed by atoms with Crippen LogP contribution in [0.4, 0.5) is 0 Å². The molecule has 0 N–H and O–H groups in total. The van der Waals surface area contributed by atoms with Crippen molar-refractivity contribution in [2.75, 3.05) is 13.2 Å². The van der Waals surface area contributed by atoms with Crippen molar-refractivity contribution in [1.82, 2.24) is 0 Å². The lowest BCUT2D eigenvalue weighted by atomic mass is 9.85. The van der Waals surface area contributed by atoms with Crippen molar-refractivity contribution in [3.05, 3.63) is 25.3 Å². The van der Waals surface area contributed by atoms with E-state index >= 15 is 0 Å². The monoisotopic (exact) mass is 308 g/mol. The highest BCUT2D eigenvalue weighted by molar-refractivity contribution is 5.94. The maximum Gasteiger partial charge on any atom is 0.320 e. The van der Waals surface area contributed by atoms with E-state index in [0.717, 1.165) is 18.8 Å². The van der Waals surface area contributed by atoms with Gasteiger partial charge in [0.05, 0.1) is 0 Å². The molecule has 0 aromatic heterocycles. The molecule has 0 bridgehead atoms. The summed E-state index contributed by atoms with van der Waals surface area (Å²) in [6.45, 7) is 7.24. The zero-order chi connectivity index (χ0) is 16.2. The molecule has 1 aliphatic carbocycles. The first-order chi connectivity index (χ1) is 10.7. The predicted molar refractivity (Wildman–Crippen MR) is 86.2 cm³/mol. The minimum atomic E-state index is -0.830. The van der Waals surface area contributed by atoms with Gasteiger partial charge in [0.2, 0.25) is 0 Å². The molecule has 0 heterocycles. The van der Waals surface area contributed by atoms with Crippen molar-refractivity contribution in [2.24, 2.45) is 11.8 Å². The highest BCUT2D eigenvalue weighted by Crippen LogP contribution is 2.28. The van der Waals surface area contributed by atoms with Gasteiger partial charge in [0.1, 0.15) is 13.2 Å². The Balaban J connectivity index is 2.44. The largest absolute Gasteiger partial charge is 0.461 e. The van der Waals surface area contributed by atoms with Crippen LogP contribution in [0.5, 0.6) is 0 Å². The second-order valence-electron chi connectivity index (χ2n) is 5.82. The van der Waals surface area contributed by atoms with Gasteiger partial charge in [-0.25, -0.2) is 0 Å². The molecule has 1 rings (SSSR count). The average molecular weight is 308 g/mol. The molecule has 4 nitrogen and oxygen atoms in total. The fraction of sp³-hybridized carbons (Fsp3) is 0.667. The zero-order valence-corrected chi connectivity index (χ0v) is 13.4. The highest BCUT2D eigenvalue weighted by atomic mass is 16.6. The van der Waals surface area contributed by atoms with Crippen molar-refractivity contribution in [3.63, 3.8) is 0 Å². The van der Waals surface area contributed by atoms with Gasteiger partial charge in [-0.05, 0) is 12.3 Å². The summed E-state index contributed by atoms with van der Waals surface area (Å²) in [5.41, 5.74) is 0. The summed E-state index contributed by atoms with van der Waals surface area (Å²) in [6, 6.07) is 0. The molecule has 0 aliphatic heterocycles. The minimum absolute atomic E-state index is 0.118. The Morgan fingerprint density at radius 2 is 1.55 bits per heavy atom. The third-order valence-corrected chi connectivity index (χ3v) is 4.09. The maximum absolute atomic E-state index is 12.0. The number of rotatable bonds is 10. The molecule has 0 unspecified atom stereocenters. The van der Waals surface area contributed by atoms with Crippen LogP contribution in [0, 0.1) is 11.8 Å². The van der Waals surface area contributed by atoms with Gasteiger partial charge >= 0.3 is 11.9 Å². The van der Waals surface area contributed by atoms with Gasteiger partial charge in [0.15, 0.2) is 5.92 Å². The Bertz CT molecular complexity index is 345. The quantitative estimate of drug-likeness (QED) is 0.350. The Morgan fingerprint density at radius 3 is 2.05 bits per heavy atom. The lowest BCUT2D eigenvalue weighted by molar-refractivity contribution is -0.161. The zero-order valence-electron chi connectivity index (χ0n) is 13.4. The molecule has 0 saturated heterocycles. The molecule has 4 heteroatoms. The average Bonchev–Trinajstić information content (AvgIpc) is 2.55. The Kier molecular flexibility index (Phi) is 9.28. The number of hydrogen-bond donors (Lipinski definition) is 0. The van der Waals surface area contributed by atoms with E-state index in [1.807, 2.05) is 0 Å². The van der Waals surface area contributed by atoms with Crippen LogP contribution in [0.2, 0.25) is 0 Å². The first kappa shape index (κ1) is 18.5. The van der Waals surface area contributed by atoms with E-state index in [0.29, 0.717) is 6.42 Å². The lowest BCUT2D eigenvalue weighted by Crippen LogP contribution is -2.28. The van der Waals surface area contributed by atoms with Crippen LogP contribution < -0.4 is 0 Å². The van der Waals surface area contributed by atoms with Crippen molar-refractivity contribution in [1.29, 1.82) is 0 Å². The van der Waals surface area contributed by atoms with Gasteiger partial charge in [-0.15, -0.1) is 0 Å².